The van der Waals surface area contributed by atoms with Crippen LogP contribution in [-0.4, -0.2) is 42.0 Å². The van der Waals surface area contributed by atoms with E-state index in [1.54, 1.807) is 13.0 Å². The number of methoxy groups -OCH3 is 1. The second-order valence-corrected chi connectivity index (χ2v) is 7.12. The van der Waals surface area contributed by atoms with Crippen molar-refractivity contribution in [3.8, 4) is 0 Å². The third kappa shape index (κ3) is 5.82. The van der Waals surface area contributed by atoms with Gasteiger partial charge in [-0.05, 0) is 30.2 Å². The molecule has 1 heterocycles. The molecule has 2 atom stereocenters. The zero-order chi connectivity index (χ0) is 22.2. The monoisotopic (exact) mass is 419 g/mol. The van der Waals surface area contributed by atoms with E-state index in [2.05, 4.69) is 15.6 Å². The van der Waals surface area contributed by atoms with Gasteiger partial charge in [-0.25, -0.2) is 4.79 Å². The van der Waals surface area contributed by atoms with Gasteiger partial charge in [-0.1, -0.05) is 48.5 Å². The predicted molar refractivity (Wildman–Crippen MR) is 119 cm³/mol. The van der Waals surface area contributed by atoms with Gasteiger partial charge in [-0.15, -0.1) is 0 Å². The third-order valence-electron chi connectivity index (χ3n) is 4.88. The summed E-state index contributed by atoms with van der Waals surface area (Å²) in [7, 11) is 1.27. The molecule has 7 nitrogen and oxygen atoms in total. The Labute approximate surface area is 180 Å². The van der Waals surface area contributed by atoms with Gasteiger partial charge >= 0.3 is 5.97 Å². The van der Waals surface area contributed by atoms with E-state index in [1.807, 2.05) is 60.8 Å². The summed E-state index contributed by atoms with van der Waals surface area (Å²) in [6.45, 7) is 1.56. The number of fused-ring (bicyclic) bond motifs is 1. The van der Waals surface area contributed by atoms with Crippen LogP contribution in [0.15, 0.2) is 66.9 Å². The van der Waals surface area contributed by atoms with Crippen LogP contribution in [0.25, 0.3) is 17.0 Å². The molecule has 0 spiro atoms. The molecule has 0 aliphatic rings. The molecule has 1 aromatic heterocycles. The molecule has 31 heavy (non-hydrogen) atoms. The summed E-state index contributed by atoms with van der Waals surface area (Å²) < 4.78 is 4.86. The zero-order valence-electron chi connectivity index (χ0n) is 17.4. The smallest absolute Gasteiger partial charge is 0.328 e. The lowest BCUT2D eigenvalue weighted by Gasteiger charge is -2.19. The lowest BCUT2D eigenvalue weighted by molar-refractivity contribution is -0.145. The summed E-state index contributed by atoms with van der Waals surface area (Å²) in [6, 6.07) is 15.4. The van der Waals surface area contributed by atoms with Crippen molar-refractivity contribution in [1.82, 2.24) is 15.6 Å². The van der Waals surface area contributed by atoms with Crippen molar-refractivity contribution in [2.24, 2.45) is 0 Å². The molecular weight excluding hydrogens is 394 g/mol. The summed E-state index contributed by atoms with van der Waals surface area (Å²) in [5.41, 5.74) is 2.70. The molecule has 7 heteroatoms. The van der Waals surface area contributed by atoms with Crippen LogP contribution in [-0.2, 0) is 25.5 Å². The van der Waals surface area contributed by atoms with E-state index in [0.29, 0.717) is 0 Å². The van der Waals surface area contributed by atoms with Crippen LogP contribution in [0.1, 0.15) is 18.1 Å². The SMILES string of the molecule is COC(=O)C(Cc1c[nH]c2ccccc12)NC(=O)C(C)NC(=O)/C=C/c1ccccc1. The first-order valence-electron chi connectivity index (χ1n) is 9.94. The molecule has 2 unspecified atom stereocenters. The maximum atomic E-state index is 12.6. The second kappa shape index (κ2) is 10.2. The number of rotatable bonds is 8. The van der Waals surface area contributed by atoms with Gasteiger partial charge < -0.3 is 20.4 Å². The van der Waals surface area contributed by atoms with Crippen molar-refractivity contribution in [2.45, 2.75) is 25.4 Å². The van der Waals surface area contributed by atoms with E-state index in [1.165, 1.54) is 13.2 Å². The summed E-state index contributed by atoms with van der Waals surface area (Å²) in [6.07, 6.45) is 5.10. The minimum atomic E-state index is -0.879. The number of H-pyrrole nitrogens is 1. The number of nitrogens with one attached hydrogen (secondary N) is 3. The van der Waals surface area contributed by atoms with E-state index in [9.17, 15) is 14.4 Å². The largest absolute Gasteiger partial charge is 0.467 e. The molecule has 3 N–H and O–H groups in total. The number of para-hydroxylation sites is 1. The van der Waals surface area contributed by atoms with Gasteiger partial charge in [0, 0.05) is 29.6 Å². The van der Waals surface area contributed by atoms with Gasteiger partial charge in [0.15, 0.2) is 0 Å². The van der Waals surface area contributed by atoms with Crippen molar-refractivity contribution in [3.05, 3.63) is 78.0 Å². The first-order chi connectivity index (χ1) is 15.0. The number of hydrogen-bond acceptors (Lipinski definition) is 4. The highest BCUT2D eigenvalue weighted by Gasteiger charge is 2.26. The molecule has 2 amide bonds. The van der Waals surface area contributed by atoms with E-state index < -0.39 is 29.9 Å². The highest BCUT2D eigenvalue weighted by Crippen LogP contribution is 2.19. The van der Waals surface area contributed by atoms with E-state index in [4.69, 9.17) is 4.74 Å². The minimum absolute atomic E-state index is 0.261. The van der Waals surface area contributed by atoms with Gasteiger partial charge in [0.05, 0.1) is 7.11 Å². The van der Waals surface area contributed by atoms with Crippen LogP contribution >= 0.6 is 0 Å². The fourth-order valence-electron chi connectivity index (χ4n) is 3.22. The van der Waals surface area contributed by atoms with Crippen molar-refractivity contribution in [3.63, 3.8) is 0 Å². The first-order valence-corrected chi connectivity index (χ1v) is 9.94. The van der Waals surface area contributed by atoms with Gasteiger partial charge in [0.1, 0.15) is 12.1 Å². The molecule has 0 saturated heterocycles. The van der Waals surface area contributed by atoms with Crippen LogP contribution in [0.3, 0.4) is 0 Å². The molecular formula is C24H25N3O4. The maximum absolute atomic E-state index is 12.6. The number of carbonyl (C=O) groups excluding carboxylic acids is 3. The lowest BCUT2D eigenvalue weighted by atomic mass is 10.0. The van der Waals surface area contributed by atoms with Crippen LogP contribution in [0.5, 0.6) is 0 Å². The number of amides is 2. The highest BCUT2D eigenvalue weighted by atomic mass is 16.5. The number of ether oxygens (including phenoxy) is 1. The molecule has 3 rings (SSSR count). The Balaban J connectivity index is 1.62. The number of esters is 1. The maximum Gasteiger partial charge on any atom is 0.328 e. The van der Waals surface area contributed by atoms with Crippen molar-refractivity contribution < 1.29 is 19.1 Å². The van der Waals surface area contributed by atoms with E-state index in [0.717, 1.165) is 22.0 Å². The Kier molecular flexibility index (Phi) is 7.22. The fourth-order valence-corrected chi connectivity index (χ4v) is 3.22. The fraction of sp³-hybridized carbons (Fsp3) is 0.208. The van der Waals surface area contributed by atoms with Crippen LogP contribution in [0.4, 0.5) is 0 Å². The van der Waals surface area contributed by atoms with E-state index >= 15 is 0 Å². The number of aromatic nitrogens is 1. The summed E-state index contributed by atoms with van der Waals surface area (Å²) in [5, 5.41) is 6.26. The Morgan fingerprint density at radius 1 is 1.03 bits per heavy atom. The number of carbonyl (C=O) groups is 3. The minimum Gasteiger partial charge on any atom is -0.467 e. The van der Waals surface area contributed by atoms with Crippen LogP contribution in [0.2, 0.25) is 0 Å². The average molecular weight is 419 g/mol. The highest BCUT2D eigenvalue weighted by molar-refractivity contribution is 5.96. The van der Waals surface area contributed by atoms with Gasteiger partial charge in [0.2, 0.25) is 11.8 Å². The van der Waals surface area contributed by atoms with Crippen molar-refractivity contribution >= 4 is 34.8 Å². The zero-order valence-corrected chi connectivity index (χ0v) is 17.4. The topological polar surface area (TPSA) is 100 Å². The molecule has 0 aliphatic carbocycles. The molecule has 3 aromatic rings. The van der Waals surface area contributed by atoms with Gasteiger partial charge in [-0.2, -0.15) is 0 Å². The Morgan fingerprint density at radius 2 is 1.74 bits per heavy atom. The van der Waals surface area contributed by atoms with E-state index in [-0.39, 0.29) is 6.42 Å². The van der Waals surface area contributed by atoms with Crippen LogP contribution in [0, 0.1) is 0 Å². The average Bonchev–Trinajstić information content (AvgIpc) is 3.20. The molecule has 0 fully saturated rings. The number of benzene rings is 2. The molecule has 0 aliphatic heterocycles. The number of aromatic amines is 1. The molecule has 160 valence electrons. The molecule has 0 radical (unpaired) electrons. The molecule has 0 bridgehead atoms. The van der Waals surface area contributed by atoms with Crippen molar-refractivity contribution in [1.29, 1.82) is 0 Å². The Morgan fingerprint density at radius 3 is 2.48 bits per heavy atom. The summed E-state index contributed by atoms with van der Waals surface area (Å²) in [4.78, 5) is 40.2. The normalized spacial score (nSPS) is 13.0. The first kappa shape index (κ1) is 21.8. The molecule has 2 aromatic carbocycles. The third-order valence-corrected chi connectivity index (χ3v) is 4.88. The van der Waals surface area contributed by atoms with Crippen molar-refractivity contribution in [2.75, 3.05) is 7.11 Å². The summed E-state index contributed by atoms with van der Waals surface area (Å²) in [5.74, 6) is -1.43. The Hall–Kier alpha value is -3.87. The van der Waals surface area contributed by atoms with Gasteiger partial charge in [0.25, 0.3) is 0 Å². The number of hydrogen-bond donors (Lipinski definition) is 3. The Bertz CT molecular complexity index is 1090. The lowest BCUT2D eigenvalue weighted by Crippen LogP contribution is -2.51. The van der Waals surface area contributed by atoms with Crippen LogP contribution < -0.4 is 10.6 Å². The standard InChI is InChI=1S/C24H25N3O4/c1-16(26-22(28)13-12-17-8-4-3-5-9-17)23(29)27-21(24(30)31-2)14-18-15-25-20-11-7-6-10-19(18)20/h3-13,15-16,21,25H,14H2,1-2H3,(H,26,28)(H,27,29)/b13-12+. The second-order valence-electron chi connectivity index (χ2n) is 7.12. The quantitative estimate of drug-likeness (QED) is 0.386. The summed E-state index contributed by atoms with van der Waals surface area (Å²) >= 11 is 0. The predicted octanol–water partition coefficient (Wildman–Crippen LogP) is 2.59. The molecule has 0 saturated carbocycles. The van der Waals surface area contributed by atoms with Gasteiger partial charge in [-0.3, -0.25) is 9.59 Å².